The van der Waals surface area contributed by atoms with Gasteiger partial charge in [-0.3, -0.25) is 9.13 Å². The second-order valence-corrected chi connectivity index (χ2v) is 44.6. The van der Waals surface area contributed by atoms with E-state index in [-0.39, 0.29) is 0 Å². The molecule has 13 heteroatoms. The SMILES string of the molecule is C=C=[CH][Sn]([Br])([Br])[CH]=C=C.CN(C)P(=O)(N(C)C)N(C)C.CN(C)P(=O)(N(C)C)N(C)C. The summed E-state index contributed by atoms with van der Waals surface area (Å²) >= 11 is 4.68. The van der Waals surface area contributed by atoms with Crippen LogP contribution in [0.1, 0.15) is 0 Å². The molecule has 0 N–H and O–H groups in total. The number of rotatable bonds is 8. The molecule has 31 heavy (non-hydrogen) atoms. The standard InChI is InChI=1S/2C6H18N3OP.2C3H3.2BrH.Sn/c2*1-7(2)11(10,8(3)4)9(5)6;2*1-3-2;;;/h2*1-6H3;2*1H,2H2;2*1H;/q;;;;;;+2/p-2. The van der Waals surface area contributed by atoms with E-state index in [1.165, 1.54) is 0 Å². The van der Waals surface area contributed by atoms with E-state index < -0.39 is 29.1 Å². The predicted molar refractivity (Wildman–Crippen MR) is 148 cm³/mol. The topological polar surface area (TPSA) is 53.6 Å². The molecular formula is C18H42Br2N6O2P2Sn. The van der Waals surface area contributed by atoms with Gasteiger partial charge in [0, 0.05) is 0 Å². The van der Waals surface area contributed by atoms with Gasteiger partial charge in [0.15, 0.2) is 0 Å². The van der Waals surface area contributed by atoms with Gasteiger partial charge in [-0.15, -0.1) is 0 Å². The van der Waals surface area contributed by atoms with Crippen molar-refractivity contribution in [3.8, 4) is 0 Å². The molecule has 0 aromatic heterocycles. The number of nitrogens with zero attached hydrogens (tertiary/aromatic N) is 6. The Morgan fingerprint density at radius 1 is 0.581 bits per heavy atom. The van der Waals surface area contributed by atoms with Gasteiger partial charge in [0.2, 0.25) is 0 Å². The third-order valence-corrected chi connectivity index (χ3v) is 19.5. The van der Waals surface area contributed by atoms with Crippen molar-refractivity contribution in [3.63, 3.8) is 0 Å². The summed E-state index contributed by atoms with van der Waals surface area (Å²) in [5, 5.41) is 0. The molecule has 0 aromatic rings. The van der Waals surface area contributed by atoms with Crippen molar-refractivity contribution in [2.45, 2.75) is 0 Å². The molecule has 0 radical (unpaired) electrons. The van der Waals surface area contributed by atoms with Crippen LogP contribution in [-0.4, -0.2) is 127 Å². The fourth-order valence-corrected chi connectivity index (χ4v) is 12.9. The number of hydrogen-bond donors (Lipinski definition) is 0. The quantitative estimate of drug-likeness (QED) is 0.207. The normalized spacial score (nSPS) is 12.3. The molecule has 0 rings (SSSR count). The largest absolute Gasteiger partial charge is 0.285 e. The minimum absolute atomic E-state index is 1.74. The van der Waals surface area contributed by atoms with E-state index in [9.17, 15) is 9.13 Å². The smallest absolute Gasteiger partial charge is 0.270 e. The zero-order chi connectivity index (χ0) is 25.8. The molecule has 0 saturated carbocycles. The molecule has 0 aliphatic heterocycles. The van der Waals surface area contributed by atoms with Crippen LogP contribution in [0.5, 0.6) is 0 Å². The van der Waals surface area contributed by atoms with Crippen molar-refractivity contribution < 1.29 is 9.13 Å². The molecule has 0 saturated heterocycles. The number of hydrogen-bond acceptors (Lipinski definition) is 2. The number of halogens is 2. The summed E-state index contributed by atoms with van der Waals surface area (Å²) in [7, 11) is 17.0. The maximum atomic E-state index is 12.1. The second kappa shape index (κ2) is 16.6. The molecule has 184 valence electrons. The van der Waals surface area contributed by atoms with Gasteiger partial charge in [-0.05, 0) is 84.6 Å². The predicted octanol–water partition coefficient (Wildman–Crippen LogP) is 4.54. The first-order valence-electron chi connectivity index (χ1n) is 9.17. The Morgan fingerprint density at radius 2 is 0.742 bits per heavy atom. The van der Waals surface area contributed by atoms with Crippen molar-refractivity contribution >= 4 is 54.5 Å². The van der Waals surface area contributed by atoms with Gasteiger partial charge in [-0.2, -0.15) is 0 Å². The maximum absolute atomic E-state index is 12.1. The van der Waals surface area contributed by atoms with E-state index in [0.29, 0.717) is 0 Å². The molecule has 0 aliphatic carbocycles. The van der Waals surface area contributed by atoms with E-state index in [1.54, 1.807) is 28.0 Å². The van der Waals surface area contributed by atoms with Crippen LogP contribution < -0.4 is 0 Å². The van der Waals surface area contributed by atoms with Gasteiger partial charge < -0.3 is 0 Å². The minimum Gasteiger partial charge on any atom is -0.270 e. The first-order chi connectivity index (χ1) is 13.8. The van der Waals surface area contributed by atoms with Crippen molar-refractivity contribution in [1.82, 2.24) is 28.0 Å². The van der Waals surface area contributed by atoms with Crippen molar-refractivity contribution in [1.29, 1.82) is 0 Å². The van der Waals surface area contributed by atoms with Crippen LogP contribution in [0.3, 0.4) is 0 Å². The zero-order valence-corrected chi connectivity index (χ0v) is 29.0. The van der Waals surface area contributed by atoms with Crippen molar-refractivity contribution in [2.75, 3.05) is 84.6 Å². The van der Waals surface area contributed by atoms with E-state index in [4.69, 9.17) is 0 Å². The fourth-order valence-electron chi connectivity index (χ4n) is 2.46. The van der Waals surface area contributed by atoms with Crippen LogP contribution >= 0.6 is 40.6 Å². The molecule has 0 aliphatic rings. The molecule has 0 spiro atoms. The summed E-state index contributed by atoms with van der Waals surface area (Å²) in [6.07, 6.45) is 0. The Balaban J connectivity index is -0.000000382. The van der Waals surface area contributed by atoms with Crippen LogP contribution in [0.25, 0.3) is 0 Å². The van der Waals surface area contributed by atoms with E-state index >= 15 is 0 Å². The molecule has 0 atom stereocenters. The Kier molecular flexibility index (Phi) is 19.6. The van der Waals surface area contributed by atoms with E-state index in [1.807, 2.05) is 92.8 Å². The van der Waals surface area contributed by atoms with Crippen LogP contribution in [0.15, 0.2) is 32.8 Å². The molecule has 0 bridgehead atoms. The summed E-state index contributed by atoms with van der Waals surface area (Å²) in [6.45, 7) is 6.94. The molecule has 0 unspecified atom stereocenters. The summed E-state index contributed by atoms with van der Waals surface area (Å²) in [6, 6.07) is 0. The van der Waals surface area contributed by atoms with Gasteiger partial charge >= 0.3 is 72.1 Å². The van der Waals surface area contributed by atoms with E-state index in [2.05, 4.69) is 50.0 Å². The molecule has 0 heterocycles. The minimum atomic E-state index is -2.44. The maximum Gasteiger partial charge on any atom is 0.285 e. The molecule has 0 aromatic carbocycles. The third-order valence-electron chi connectivity index (χ3n) is 3.72. The van der Waals surface area contributed by atoms with Gasteiger partial charge in [-0.1, -0.05) is 0 Å². The van der Waals surface area contributed by atoms with Gasteiger partial charge in [-0.25, -0.2) is 28.0 Å². The van der Waals surface area contributed by atoms with Crippen LogP contribution in [0.4, 0.5) is 0 Å². The fraction of sp³-hybridized carbons (Fsp3) is 0.667. The summed E-state index contributed by atoms with van der Waals surface area (Å²) in [5.74, 6) is 0. The van der Waals surface area contributed by atoms with Crippen LogP contribution in [0.2, 0.25) is 0 Å². The van der Waals surface area contributed by atoms with Gasteiger partial charge in [0.25, 0.3) is 15.2 Å². The Hall–Kier alpha value is 1.02. The Bertz CT molecular complexity index is 603. The Morgan fingerprint density at radius 3 is 0.806 bits per heavy atom. The summed E-state index contributed by atoms with van der Waals surface area (Å²) < 4.78 is 38.5. The molecule has 0 amide bonds. The second-order valence-electron chi connectivity index (χ2n) is 7.48. The van der Waals surface area contributed by atoms with E-state index in [0.717, 1.165) is 0 Å². The Labute approximate surface area is 207 Å². The van der Waals surface area contributed by atoms with Gasteiger partial charge in [0.1, 0.15) is 0 Å². The average Bonchev–Trinajstić information content (AvgIpc) is 2.59. The van der Waals surface area contributed by atoms with Gasteiger partial charge in [0.05, 0.1) is 0 Å². The van der Waals surface area contributed by atoms with Crippen molar-refractivity contribution in [2.24, 2.45) is 0 Å². The first kappa shape index (κ1) is 36.6. The molecular weight excluding hydrogens is 673 g/mol. The zero-order valence-electron chi connectivity index (χ0n) is 21.2. The molecule has 8 nitrogen and oxygen atoms in total. The van der Waals surface area contributed by atoms with Crippen LogP contribution in [0, 0.1) is 0 Å². The first-order valence-corrected chi connectivity index (χ1v) is 28.4. The monoisotopic (exact) mass is 714 g/mol. The summed E-state index contributed by atoms with van der Waals surface area (Å²) in [4.78, 5) is 0. The van der Waals surface area contributed by atoms with Crippen molar-refractivity contribution in [3.05, 3.63) is 32.8 Å². The third kappa shape index (κ3) is 12.9. The molecule has 0 fully saturated rings. The van der Waals surface area contributed by atoms with Crippen LogP contribution in [-0.2, 0) is 9.13 Å². The average molecular weight is 715 g/mol. The summed E-state index contributed by atoms with van der Waals surface area (Å²) in [5.41, 5.74) is 5.44.